The minimum atomic E-state index is -5.19. The maximum atomic E-state index is 15.0. The molecule has 2 aromatic carbocycles. The second-order valence-electron chi connectivity index (χ2n) is 15.4. The van der Waals surface area contributed by atoms with E-state index in [2.05, 4.69) is 32.4 Å². The van der Waals surface area contributed by atoms with E-state index in [-0.39, 0.29) is 29.0 Å². The average Bonchev–Trinajstić information content (AvgIpc) is 3.90. The normalized spacial score (nSPS) is 18.3. The zero-order valence-corrected chi connectivity index (χ0v) is 32.9. The SMILES string of the molecule is CCc1cc(Nc2nccn3c(-c4ccc(OC(F)F)c(F)c4F)cnc23)ccc1C(=O)N1CCC(C(=O)N2CC[N+](C)(CC3CCNC3)CC2)CC1.O=C([O-])C(F)(F)F. The highest BCUT2D eigenvalue weighted by atomic mass is 19.4. The van der Waals surface area contributed by atoms with Gasteiger partial charge in [0.1, 0.15) is 5.97 Å². The number of nitrogens with zero attached hydrogens (tertiary/aromatic N) is 6. The lowest BCUT2D eigenvalue weighted by Crippen LogP contribution is -2.60. The number of alkyl halides is 5. The summed E-state index contributed by atoms with van der Waals surface area (Å²) in [6.07, 6.45) is 2.25. The van der Waals surface area contributed by atoms with Crippen LogP contribution in [0, 0.1) is 23.5 Å². The molecule has 324 valence electrons. The number of quaternary nitrogens is 1. The van der Waals surface area contributed by atoms with Crippen molar-refractivity contribution in [1.29, 1.82) is 0 Å². The Morgan fingerprint density at radius 2 is 1.70 bits per heavy atom. The number of carbonyl (C=O) groups is 3. The molecule has 7 rings (SSSR count). The minimum absolute atomic E-state index is 0.0657. The van der Waals surface area contributed by atoms with Gasteiger partial charge >= 0.3 is 12.8 Å². The first-order valence-corrected chi connectivity index (χ1v) is 19.5. The predicted octanol–water partition coefficient (Wildman–Crippen LogP) is 4.63. The summed E-state index contributed by atoms with van der Waals surface area (Å²) >= 11 is 0. The number of rotatable bonds is 10. The monoisotopic (exact) mass is 850 g/mol. The second-order valence-corrected chi connectivity index (χ2v) is 15.4. The first kappa shape index (κ1) is 44.1. The Balaban J connectivity index is 0.000000793. The molecule has 5 heterocycles. The van der Waals surface area contributed by atoms with Crippen LogP contribution in [-0.4, -0.2) is 125 Å². The number of piperidine rings is 1. The lowest BCUT2D eigenvalue weighted by molar-refractivity contribution is -0.916. The van der Waals surface area contributed by atoms with Gasteiger partial charge in [0.05, 0.1) is 51.7 Å². The zero-order valence-electron chi connectivity index (χ0n) is 32.9. The summed E-state index contributed by atoms with van der Waals surface area (Å²) in [5.74, 6) is -5.65. The van der Waals surface area contributed by atoms with Gasteiger partial charge in [0, 0.05) is 60.7 Å². The number of anilines is 2. The van der Waals surface area contributed by atoms with Crippen molar-refractivity contribution in [1.82, 2.24) is 29.5 Å². The van der Waals surface area contributed by atoms with E-state index in [1.54, 1.807) is 12.1 Å². The molecular weight excluding hydrogens is 805 g/mol. The van der Waals surface area contributed by atoms with Crippen LogP contribution in [0.15, 0.2) is 48.9 Å². The number of likely N-dealkylation sites (tertiary alicyclic amines) is 1. The van der Waals surface area contributed by atoms with Crippen molar-refractivity contribution in [3.05, 3.63) is 71.7 Å². The highest BCUT2D eigenvalue weighted by Gasteiger charge is 2.37. The number of hydrogen-bond donors (Lipinski definition) is 2. The number of benzene rings is 2. The van der Waals surface area contributed by atoms with E-state index >= 15 is 0 Å². The molecule has 0 aliphatic carbocycles. The van der Waals surface area contributed by atoms with Crippen LogP contribution >= 0.6 is 0 Å². The van der Waals surface area contributed by atoms with Gasteiger partial charge in [-0.05, 0) is 68.1 Å². The molecule has 3 aliphatic rings. The van der Waals surface area contributed by atoms with Crippen LogP contribution in [-0.2, 0) is 16.0 Å². The third kappa shape index (κ3) is 10.1. The number of imidazole rings is 1. The van der Waals surface area contributed by atoms with E-state index in [1.807, 2.05) is 22.8 Å². The molecule has 13 nitrogen and oxygen atoms in total. The molecule has 1 unspecified atom stereocenters. The molecule has 2 amide bonds. The number of carbonyl (C=O) groups excluding carboxylic acids is 3. The fraction of sp³-hybridized carbons (Fsp3) is 0.475. The van der Waals surface area contributed by atoms with Gasteiger partial charge in [-0.25, -0.2) is 14.4 Å². The van der Waals surface area contributed by atoms with Gasteiger partial charge in [-0.3, -0.25) is 14.0 Å². The molecule has 0 saturated carbocycles. The number of ether oxygens (including phenoxy) is 1. The van der Waals surface area contributed by atoms with Crippen molar-refractivity contribution < 1.29 is 59.4 Å². The van der Waals surface area contributed by atoms with E-state index in [1.165, 1.54) is 36.0 Å². The van der Waals surface area contributed by atoms with Gasteiger partial charge < -0.3 is 39.6 Å². The van der Waals surface area contributed by atoms with Gasteiger partial charge in [0.25, 0.3) is 5.91 Å². The van der Waals surface area contributed by atoms with Crippen molar-refractivity contribution in [2.45, 2.75) is 45.4 Å². The third-order valence-electron chi connectivity index (χ3n) is 11.3. The maximum absolute atomic E-state index is 15.0. The van der Waals surface area contributed by atoms with Crippen LogP contribution in [0.4, 0.5) is 42.2 Å². The van der Waals surface area contributed by atoms with E-state index in [0.29, 0.717) is 61.0 Å². The molecule has 3 aliphatic heterocycles. The van der Waals surface area contributed by atoms with Crippen LogP contribution < -0.4 is 20.5 Å². The Labute approximate surface area is 340 Å². The van der Waals surface area contributed by atoms with Crippen molar-refractivity contribution in [2.75, 3.05) is 71.3 Å². The highest BCUT2D eigenvalue weighted by molar-refractivity contribution is 5.96. The molecule has 2 aromatic heterocycles. The molecule has 1 atom stereocenters. The summed E-state index contributed by atoms with van der Waals surface area (Å²) in [5.41, 5.74) is 2.37. The average molecular weight is 851 g/mol. The second kappa shape index (κ2) is 18.4. The molecule has 3 fully saturated rings. The Kier molecular flexibility index (Phi) is 13.5. The first-order valence-electron chi connectivity index (χ1n) is 19.5. The number of aryl methyl sites for hydroxylation is 1. The van der Waals surface area contributed by atoms with Crippen LogP contribution in [0.5, 0.6) is 5.75 Å². The summed E-state index contributed by atoms with van der Waals surface area (Å²) in [4.78, 5) is 48.7. The molecule has 4 aromatic rings. The lowest BCUT2D eigenvalue weighted by atomic mass is 9.93. The van der Waals surface area contributed by atoms with Gasteiger partial charge in [-0.15, -0.1) is 0 Å². The molecule has 0 radical (unpaired) electrons. The quantitative estimate of drug-likeness (QED) is 0.173. The van der Waals surface area contributed by atoms with Gasteiger partial charge in [0.2, 0.25) is 11.7 Å². The Hall–Kier alpha value is -5.50. The van der Waals surface area contributed by atoms with Crippen LogP contribution in [0.25, 0.3) is 16.9 Å². The summed E-state index contributed by atoms with van der Waals surface area (Å²) in [6, 6.07) is 7.52. The fourth-order valence-electron chi connectivity index (χ4n) is 8.04. The number of halogens is 7. The number of amides is 2. The maximum Gasteiger partial charge on any atom is 0.430 e. The summed E-state index contributed by atoms with van der Waals surface area (Å²) in [6.45, 7) is 6.62. The topological polar surface area (TPSA) is 144 Å². The van der Waals surface area contributed by atoms with E-state index in [0.717, 1.165) is 61.4 Å². The van der Waals surface area contributed by atoms with Gasteiger partial charge in [-0.2, -0.15) is 26.3 Å². The number of nitrogens with one attached hydrogen (secondary N) is 2. The van der Waals surface area contributed by atoms with Crippen molar-refractivity contribution in [3.63, 3.8) is 0 Å². The fourth-order valence-corrected chi connectivity index (χ4v) is 8.04. The van der Waals surface area contributed by atoms with Crippen molar-refractivity contribution in [3.8, 4) is 17.0 Å². The first-order chi connectivity index (χ1) is 28.5. The number of piperazine rings is 1. The van der Waals surface area contributed by atoms with Crippen molar-refractivity contribution >= 4 is 34.9 Å². The van der Waals surface area contributed by atoms with Crippen LogP contribution in [0.2, 0.25) is 0 Å². The molecular formula is C40H45F7N8O5. The Morgan fingerprint density at radius 3 is 2.32 bits per heavy atom. The number of aromatic nitrogens is 3. The van der Waals surface area contributed by atoms with Crippen molar-refractivity contribution in [2.24, 2.45) is 11.8 Å². The molecule has 2 N–H and O–H groups in total. The standard InChI is InChI=1S/C38H44F4N8O3.C2HF3O2/c1-3-25-20-27(46-34-35-45-22-30(49(35)15-12-44-34)29-6-7-31(53-38(41)42)33(40)32(29)39)4-5-28(25)37(52)47-13-9-26(10-14-47)36(51)48-16-18-50(2,19-17-48)23-24-8-11-43-21-24;3-2(4,5)1(6)7/h4-7,12,15,20,22,24,26,38,43H,3,8-11,13-14,16-19,21,23H2,1-2H3;(H,6,7). The number of hydrogen-bond acceptors (Lipinski definition) is 9. The Morgan fingerprint density at radius 1 is 1.00 bits per heavy atom. The van der Waals surface area contributed by atoms with Gasteiger partial charge in [0.15, 0.2) is 23.0 Å². The zero-order chi connectivity index (χ0) is 43.4. The van der Waals surface area contributed by atoms with E-state index in [4.69, 9.17) is 9.90 Å². The summed E-state index contributed by atoms with van der Waals surface area (Å²) in [5, 5.41) is 15.5. The number of fused-ring (bicyclic) bond motifs is 1. The molecule has 0 bridgehead atoms. The number of carboxylic acid groups (broad SMARTS) is 1. The highest BCUT2D eigenvalue weighted by Crippen LogP contribution is 2.33. The van der Waals surface area contributed by atoms with Gasteiger partial charge in [-0.1, -0.05) is 6.92 Å². The lowest BCUT2D eigenvalue weighted by Gasteiger charge is -2.44. The smallest absolute Gasteiger partial charge is 0.430 e. The largest absolute Gasteiger partial charge is 0.542 e. The van der Waals surface area contributed by atoms with Crippen LogP contribution in [0.1, 0.15) is 42.1 Å². The number of likely N-dealkylation sites (N-methyl/N-ethyl adjacent to an activating group) is 1. The van der Waals surface area contributed by atoms with Crippen LogP contribution in [0.3, 0.4) is 0 Å². The predicted molar refractivity (Wildman–Crippen MR) is 202 cm³/mol. The molecule has 0 spiro atoms. The number of aliphatic carboxylic acids is 1. The molecule has 3 saturated heterocycles. The Bertz CT molecular complexity index is 2180. The summed E-state index contributed by atoms with van der Waals surface area (Å²) in [7, 11) is 2.32. The molecule has 20 heteroatoms. The third-order valence-corrected chi connectivity index (χ3v) is 11.3. The molecule has 60 heavy (non-hydrogen) atoms. The summed E-state index contributed by atoms with van der Waals surface area (Å²) < 4.78 is 92.8. The number of carboxylic acids is 1. The van der Waals surface area contributed by atoms with E-state index in [9.17, 15) is 40.3 Å². The van der Waals surface area contributed by atoms with E-state index < -0.39 is 36.1 Å². The minimum Gasteiger partial charge on any atom is -0.542 e.